The highest BCUT2D eigenvalue weighted by molar-refractivity contribution is 6.00. The monoisotopic (exact) mass is 317 g/mol. The Balaban J connectivity index is 1.69. The molecule has 0 aromatic carbocycles. The first kappa shape index (κ1) is 14.3. The topological polar surface area (TPSA) is 72.1 Å². The lowest BCUT2D eigenvalue weighted by Crippen LogP contribution is -2.45. The zero-order valence-corrected chi connectivity index (χ0v) is 13.2. The highest BCUT2D eigenvalue weighted by Gasteiger charge is 2.39. The number of aryl methyl sites for hydroxylation is 1. The molecule has 0 aliphatic carbocycles. The van der Waals surface area contributed by atoms with Gasteiger partial charge in [0.25, 0.3) is 5.91 Å². The summed E-state index contributed by atoms with van der Waals surface area (Å²) in [5.74, 6) is -0.320. The number of hydrogen-bond donors (Lipinski definition) is 0. The molecule has 4 rings (SSSR count). The van der Waals surface area contributed by atoms with Gasteiger partial charge >= 0.3 is 0 Å². The molecule has 0 radical (unpaired) electrons. The molecule has 23 heavy (non-hydrogen) atoms. The summed E-state index contributed by atoms with van der Waals surface area (Å²) in [6, 6.07) is -0.0987. The van der Waals surface area contributed by atoms with Gasteiger partial charge in [0, 0.05) is 39.6 Å². The van der Waals surface area contributed by atoms with Crippen LogP contribution in [0, 0.1) is 5.92 Å². The Morgan fingerprint density at radius 1 is 1.26 bits per heavy atom. The first-order valence-corrected chi connectivity index (χ1v) is 7.68. The van der Waals surface area contributed by atoms with Crippen molar-refractivity contribution < 1.29 is 14.3 Å². The summed E-state index contributed by atoms with van der Waals surface area (Å²) in [5, 5.41) is 4.23. The number of nitrogens with zero attached hydrogens (tertiary/aromatic N) is 5. The second-order valence-electron chi connectivity index (χ2n) is 6.28. The average Bonchev–Trinajstić information content (AvgIpc) is 3.03. The predicted molar refractivity (Wildman–Crippen MR) is 80.9 cm³/mol. The molecule has 122 valence electrons. The molecule has 4 heterocycles. The standard InChI is InChI=1S/C15H19N5O3/c1-17-3-4-20-13(17)12(5-16-20)15(22)19-6-10-8-23-9-11(7-19)18(2)14(10)21/h3-5,10-11H,6-9H2,1-2H3/t10-,11+/m1/s1. The van der Waals surface area contributed by atoms with Gasteiger partial charge in [0.05, 0.1) is 31.4 Å². The van der Waals surface area contributed by atoms with E-state index in [1.165, 1.54) is 0 Å². The maximum Gasteiger partial charge on any atom is 0.259 e. The minimum Gasteiger partial charge on any atom is -0.378 e. The van der Waals surface area contributed by atoms with Crippen LogP contribution in [0.25, 0.3) is 5.65 Å². The number of rotatable bonds is 1. The van der Waals surface area contributed by atoms with Crippen LogP contribution in [0.1, 0.15) is 10.4 Å². The highest BCUT2D eigenvalue weighted by atomic mass is 16.5. The van der Waals surface area contributed by atoms with Gasteiger partial charge in [0.15, 0.2) is 0 Å². The fraction of sp³-hybridized carbons (Fsp3) is 0.533. The number of carbonyl (C=O) groups excluding carboxylic acids is 2. The number of aromatic nitrogens is 3. The lowest BCUT2D eigenvalue weighted by atomic mass is 10.1. The molecular weight excluding hydrogens is 298 g/mol. The van der Waals surface area contributed by atoms with Crippen LogP contribution < -0.4 is 0 Å². The van der Waals surface area contributed by atoms with Crippen molar-refractivity contribution in [3.8, 4) is 0 Å². The van der Waals surface area contributed by atoms with Gasteiger partial charge in [-0.2, -0.15) is 5.10 Å². The Hall–Kier alpha value is -2.35. The van der Waals surface area contributed by atoms with Gasteiger partial charge in [-0.25, -0.2) is 4.52 Å². The number of amides is 2. The molecular formula is C15H19N5O3. The lowest BCUT2D eigenvalue weighted by molar-refractivity contribution is -0.133. The zero-order valence-electron chi connectivity index (χ0n) is 13.2. The maximum atomic E-state index is 13.0. The Bertz CT molecular complexity index is 779. The first-order valence-electron chi connectivity index (χ1n) is 7.68. The van der Waals surface area contributed by atoms with E-state index in [2.05, 4.69) is 5.10 Å². The number of hydrogen-bond acceptors (Lipinski definition) is 4. The quantitative estimate of drug-likeness (QED) is 0.718. The van der Waals surface area contributed by atoms with Crippen LogP contribution in [0.4, 0.5) is 0 Å². The van der Waals surface area contributed by atoms with E-state index in [9.17, 15) is 9.59 Å². The van der Waals surface area contributed by atoms with Gasteiger partial charge in [-0.3, -0.25) is 9.59 Å². The number of carbonyl (C=O) groups is 2. The van der Waals surface area contributed by atoms with Crippen LogP contribution >= 0.6 is 0 Å². The van der Waals surface area contributed by atoms with Crippen molar-refractivity contribution in [3.05, 3.63) is 24.2 Å². The highest BCUT2D eigenvalue weighted by Crippen LogP contribution is 2.22. The molecule has 2 aliphatic rings. The largest absolute Gasteiger partial charge is 0.378 e. The van der Waals surface area contributed by atoms with Gasteiger partial charge in [0.1, 0.15) is 11.2 Å². The molecule has 2 atom stereocenters. The number of fused-ring (bicyclic) bond motifs is 4. The second kappa shape index (κ2) is 5.09. The fourth-order valence-corrected chi connectivity index (χ4v) is 3.44. The second-order valence-corrected chi connectivity index (χ2v) is 6.28. The first-order chi connectivity index (χ1) is 11.1. The van der Waals surface area contributed by atoms with Crippen molar-refractivity contribution in [3.63, 3.8) is 0 Å². The zero-order chi connectivity index (χ0) is 16.1. The lowest BCUT2D eigenvalue weighted by Gasteiger charge is -2.29. The van der Waals surface area contributed by atoms with Gasteiger partial charge in [-0.05, 0) is 0 Å². The normalized spacial score (nSPS) is 25.0. The molecule has 8 heteroatoms. The van der Waals surface area contributed by atoms with E-state index >= 15 is 0 Å². The summed E-state index contributed by atoms with van der Waals surface area (Å²) < 4.78 is 9.14. The molecule has 0 saturated carbocycles. The third kappa shape index (κ3) is 2.13. The molecule has 8 nitrogen and oxygen atoms in total. The predicted octanol–water partition coefficient (Wildman–Crippen LogP) is -0.398. The average molecular weight is 317 g/mol. The third-order valence-corrected chi connectivity index (χ3v) is 4.80. The molecule has 2 aromatic rings. The van der Waals surface area contributed by atoms with Crippen molar-refractivity contribution in [2.45, 2.75) is 6.04 Å². The fourth-order valence-electron chi connectivity index (χ4n) is 3.44. The van der Waals surface area contributed by atoms with E-state index in [4.69, 9.17) is 4.74 Å². The van der Waals surface area contributed by atoms with E-state index in [0.29, 0.717) is 31.9 Å². The molecule has 2 aromatic heterocycles. The minimum atomic E-state index is -0.295. The maximum absolute atomic E-state index is 13.0. The van der Waals surface area contributed by atoms with Gasteiger partial charge in [-0.1, -0.05) is 0 Å². The van der Waals surface area contributed by atoms with Gasteiger partial charge < -0.3 is 19.1 Å². The van der Waals surface area contributed by atoms with Crippen LogP contribution in [0.5, 0.6) is 0 Å². The molecule has 2 saturated heterocycles. The molecule has 0 N–H and O–H groups in total. The number of imidazole rings is 1. The van der Waals surface area contributed by atoms with E-state index in [1.807, 2.05) is 24.0 Å². The van der Waals surface area contributed by atoms with Gasteiger partial charge in [0.2, 0.25) is 5.91 Å². The van der Waals surface area contributed by atoms with Crippen LogP contribution in [0.2, 0.25) is 0 Å². The minimum absolute atomic E-state index is 0.0572. The smallest absolute Gasteiger partial charge is 0.259 e. The summed E-state index contributed by atoms with van der Waals surface area (Å²) in [6.45, 7) is 1.72. The molecule has 2 bridgehead atoms. The molecule has 0 unspecified atom stereocenters. The molecule has 2 amide bonds. The SMILES string of the molecule is CN1C(=O)[C@H]2COC[C@@H]1CN(C(=O)c1cnn3ccn(C)c13)C2. The van der Waals surface area contributed by atoms with Crippen molar-refractivity contribution >= 4 is 17.5 Å². The van der Waals surface area contributed by atoms with Gasteiger partial charge in [-0.15, -0.1) is 0 Å². The summed E-state index contributed by atoms with van der Waals surface area (Å²) in [6.07, 6.45) is 5.27. The Kier molecular flexibility index (Phi) is 3.15. The number of likely N-dealkylation sites (N-methyl/N-ethyl adjacent to an activating group) is 1. The van der Waals surface area contributed by atoms with Crippen LogP contribution in [0.15, 0.2) is 18.6 Å². The number of ether oxygens (including phenoxy) is 1. The summed E-state index contributed by atoms with van der Waals surface area (Å²) in [7, 11) is 3.67. The Morgan fingerprint density at radius 3 is 2.91 bits per heavy atom. The molecule has 2 aliphatic heterocycles. The van der Waals surface area contributed by atoms with Crippen LogP contribution in [-0.2, 0) is 16.6 Å². The van der Waals surface area contributed by atoms with Crippen molar-refractivity contribution in [2.75, 3.05) is 33.4 Å². The van der Waals surface area contributed by atoms with E-state index in [1.54, 1.807) is 27.6 Å². The van der Waals surface area contributed by atoms with E-state index in [-0.39, 0.29) is 23.8 Å². The summed E-state index contributed by atoms with van der Waals surface area (Å²) in [5.41, 5.74) is 1.33. The van der Waals surface area contributed by atoms with Crippen molar-refractivity contribution in [1.82, 2.24) is 24.0 Å². The van der Waals surface area contributed by atoms with Crippen LogP contribution in [0.3, 0.4) is 0 Å². The van der Waals surface area contributed by atoms with Crippen LogP contribution in [-0.4, -0.2) is 75.2 Å². The van der Waals surface area contributed by atoms with E-state index < -0.39 is 0 Å². The van der Waals surface area contributed by atoms with Crippen molar-refractivity contribution in [1.29, 1.82) is 0 Å². The molecule has 0 spiro atoms. The Labute approximate surface area is 133 Å². The van der Waals surface area contributed by atoms with Crippen molar-refractivity contribution in [2.24, 2.45) is 13.0 Å². The third-order valence-electron chi connectivity index (χ3n) is 4.80. The van der Waals surface area contributed by atoms with E-state index in [0.717, 1.165) is 5.65 Å². The Morgan fingerprint density at radius 2 is 2.09 bits per heavy atom. The molecule has 2 fully saturated rings. The summed E-state index contributed by atoms with van der Waals surface area (Å²) in [4.78, 5) is 28.9. The summed E-state index contributed by atoms with van der Waals surface area (Å²) >= 11 is 0.